The second kappa shape index (κ2) is 10.7. The van der Waals surface area contributed by atoms with Crippen molar-refractivity contribution in [3.8, 4) is 17.2 Å². The standard InChI is InChI=1S/C29H25BrClNO6/c1-4-12-37-23-9-6-16(13-24(23)36-5-2)26-25-27(33)19-14-17(30)7-10-21(19)38-28(25)29(34)32(26)18-8-11-22(35-3)20(31)15-18/h6-11,13-15,26H,4-5,12H2,1-3H3. The fourth-order valence-electron chi connectivity index (χ4n) is 4.63. The molecular weight excluding hydrogens is 574 g/mol. The number of anilines is 1. The Morgan fingerprint density at radius 1 is 0.974 bits per heavy atom. The van der Waals surface area contributed by atoms with Crippen molar-refractivity contribution in [2.75, 3.05) is 25.2 Å². The Bertz CT molecular complexity index is 1600. The summed E-state index contributed by atoms with van der Waals surface area (Å²) in [6, 6.07) is 14.8. The molecule has 0 radical (unpaired) electrons. The molecule has 4 aromatic rings. The van der Waals surface area contributed by atoms with Gasteiger partial charge in [0, 0.05) is 10.2 Å². The average Bonchev–Trinajstić information content (AvgIpc) is 3.20. The van der Waals surface area contributed by atoms with Gasteiger partial charge in [-0.1, -0.05) is 40.5 Å². The van der Waals surface area contributed by atoms with Crippen molar-refractivity contribution in [1.29, 1.82) is 0 Å². The molecule has 1 unspecified atom stereocenters. The van der Waals surface area contributed by atoms with Gasteiger partial charge in [-0.05, 0) is 67.4 Å². The van der Waals surface area contributed by atoms with Crippen LogP contribution in [0.1, 0.15) is 48.0 Å². The summed E-state index contributed by atoms with van der Waals surface area (Å²) in [6.07, 6.45) is 0.841. The Labute approximate surface area is 233 Å². The average molecular weight is 599 g/mol. The Kier molecular flexibility index (Phi) is 7.36. The molecule has 7 nitrogen and oxygen atoms in total. The highest BCUT2D eigenvalue weighted by molar-refractivity contribution is 9.10. The number of amides is 1. The van der Waals surface area contributed by atoms with E-state index in [1.807, 2.05) is 26.0 Å². The summed E-state index contributed by atoms with van der Waals surface area (Å²) in [5.41, 5.74) is 1.45. The smallest absolute Gasteiger partial charge is 0.295 e. The second-order valence-electron chi connectivity index (χ2n) is 8.70. The van der Waals surface area contributed by atoms with Gasteiger partial charge in [-0.2, -0.15) is 0 Å². The number of rotatable bonds is 8. The van der Waals surface area contributed by atoms with Crippen LogP contribution >= 0.6 is 27.5 Å². The topological polar surface area (TPSA) is 78.2 Å². The van der Waals surface area contributed by atoms with E-state index in [2.05, 4.69) is 15.9 Å². The van der Waals surface area contributed by atoms with E-state index < -0.39 is 11.9 Å². The first-order chi connectivity index (χ1) is 18.4. The van der Waals surface area contributed by atoms with Gasteiger partial charge in [0.1, 0.15) is 11.3 Å². The van der Waals surface area contributed by atoms with Gasteiger partial charge in [-0.3, -0.25) is 14.5 Å². The molecule has 1 amide bonds. The lowest BCUT2D eigenvalue weighted by Gasteiger charge is -2.26. The van der Waals surface area contributed by atoms with Gasteiger partial charge in [-0.15, -0.1) is 0 Å². The van der Waals surface area contributed by atoms with E-state index in [9.17, 15) is 9.59 Å². The van der Waals surface area contributed by atoms with Crippen LogP contribution in [-0.2, 0) is 0 Å². The minimum atomic E-state index is -0.791. The highest BCUT2D eigenvalue weighted by Gasteiger charge is 2.44. The normalized spacial score (nSPS) is 14.6. The van der Waals surface area contributed by atoms with Crippen LogP contribution in [0.3, 0.4) is 0 Å². The summed E-state index contributed by atoms with van der Waals surface area (Å²) in [5, 5.41) is 0.706. The van der Waals surface area contributed by atoms with E-state index in [4.69, 9.17) is 30.2 Å². The van der Waals surface area contributed by atoms with Gasteiger partial charge >= 0.3 is 0 Å². The molecule has 1 atom stereocenters. The van der Waals surface area contributed by atoms with Crippen molar-refractivity contribution in [2.24, 2.45) is 0 Å². The molecule has 0 fully saturated rings. The van der Waals surface area contributed by atoms with E-state index in [1.54, 1.807) is 42.5 Å². The highest BCUT2D eigenvalue weighted by Crippen LogP contribution is 2.44. The summed E-state index contributed by atoms with van der Waals surface area (Å²) >= 11 is 9.87. The van der Waals surface area contributed by atoms with Gasteiger partial charge < -0.3 is 18.6 Å². The predicted octanol–water partition coefficient (Wildman–Crippen LogP) is 7.15. The minimum Gasteiger partial charge on any atom is -0.495 e. The summed E-state index contributed by atoms with van der Waals surface area (Å²) in [7, 11) is 1.52. The van der Waals surface area contributed by atoms with Crippen LogP contribution in [0.4, 0.5) is 5.69 Å². The lowest BCUT2D eigenvalue weighted by molar-refractivity contribution is 0.0971. The van der Waals surface area contributed by atoms with Crippen LogP contribution in [0.25, 0.3) is 11.0 Å². The molecule has 3 aromatic carbocycles. The van der Waals surface area contributed by atoms with E-state index in [-0.39, 0.29) is 16.8 Å². The number of halogens is 2. The number of carbonyl (C=O) groups excluding carboxylic acids is 1. The maximum absolute atomic E-state index is 13.9. The number of methoxy groups -OCH3 is 1. The Balaban J connectivity index is 1.75. The largest absolute Gasteiger partial charge is 0.495 e. The molecule has 1 aliphatic heterocycles. The van der Waals surface area contributed by atoms with Crippen molar-refractivity contribution < 1.29 is 23.4 Å². The molecule has 0 aliphatic carbocycles. The molecule has 1 aromatic heterocycles. The molecular formula is C29H25BrClNO6. The van der Waals surface area contributed by atoms with Crippen molar-refractivity contribution in [3.05, 3.63) is 91.2 Å². The lowest BCUT2D eigenvalue weighted by atomic mass is 9.97. The van der Waals surface area contributed by atoms with Gasteiger partial charge in [-0.25, -0.2) is 0 Å². The molecule has 0 saturated heterocycles. The van der Waals surface area contributed by atoms with Crippen LogP contribution in [0.15, 0.2) is 68.3 Å². The maximum atomic E-state index is 13.9. The van der Waals surface area contributed by atoms with Crippen molar-refractivity contribution in [1.82, 2.24) is 0 Å². The van der Waals surface area contributed by atoms with E-state index in [0.29, 0.717) is 57.7 Å². The molecule has 0 saturated carbocycles. The van der Waals surface area contributed by atoms with Crippen molar-refractivity contribution in [3.63, 3.8) is 0 Å². The molecule has 0 bridgehead atoms. The highest BCUT2D eigenvalue weighted by atomic mass is 79.9. The van der Waals surface area contributed by atoms with Crippen LogP contribution in [-0.4, -0.2) is 26.2 Å². The van der Waals surface area contributed by atoms with Crippen LogP contribution in [0.5, 0.6) is 17.2 Å². The molecule has 9 heteroatoms. The summed E-state index contributed by atoms with van der Waals surface area (Å²) in [5.74, 6) is 1.14. The first-order valence-electron chi connectivity index (χ1n) is 12.2. The molecule has 196 valence electrons. The third-order valence-corrected chi connectivity index (χ3v) is 7.08. The van der Waals surface area contributed by atoms with Gasteiger partial charge in [0.25, 0.3) is 5.91 Å². The molecule has 0 spiro atoms. The number of fused-ring (bicyclic) bond motifs is 2. The van der Waals surface area contributed by atoms with Crippen LogP contribution in [0.2, 0.25) is 5.02 Å². The van der Waals surface area contributed by atoms with E-state index in [1.165, 1.54) is 12.0 Å². The fraction of sp³-hybridized carbons (Fsp3) is 0.241. The zero-order valence-corrected chi connectivity index (χ0v) is 23.4. The van der Waals surface area contributed by atoms with Crippen LogP contribution in [0, 0.1) is 0 Å². The SMILES string of the molecule is CCCOc1ccc(C2c3c(oc4ccc(Br)cc4c3=O)C(=O)N2c2ccc(OC)c(Cl)c2)cc1OCC. The predicted molar refractivity (Wildman–Crippen MR) is 150 cm³/mol. The zero-order chi connectivity index (χ0) is 27.0. The van der Waals surface area contributed by atoms with Crippen molar-refractivity contribution >= 4 is 50.1 Å². The third-order valence-electron chi connectivity index (χ3n) is 6.29. The summed E-state index contributed by atoms with van der Waals surface area (Å²) in [6.45, 7) is 4.86. The van der Waals surface area contributed by atoms with Crippen molar-refractivity contribution in [2.45, 2.75) is 26.3 Å². The number of hydrogen-bond donors (Lipinski definition) is 0. The van der Waals surface area contributed by atoms with E-state index in [0.717, 1.165) is 10.9 Å². The molecule has 5 rings (SSSR count). The molecule has 0 N–H and O–H groups in total. The number of hydrogen-bond acceptors (Lipinski definition) is 6. The Morgan fingerprint density at radius 2 is 1.76 bits per heavy atom. The summed E-state index contributed by atoms with van der Waals surface area (Å²) < 4.78 is 23.8. The zero-order valence-electron chi connectivity index (χ0n) is 21.0. The Hall–Kier alpha value is -3.49. The Morgan fingerprint density at radius 3 is 2.47 bits per heavy atom. The second-order valence-corrected chi connectivity index (χ2v) is 10.0. The molecule has 1 aliphatic rings. The first-order valence-corrected chi connectivity index (χ1v) is 13.4. The van der Waals surface area contributed by atoms with Gasteiger partial charge in [0.05, 0.1) is 42.3 Å². The van der Waals surface area contributed by atoms with Crippen LogP contribution < -0.4 is 24.5 Å². The summed E-state index contributed by atoms with van der Waals surface area (Å²) in [4.78, 5) is 29.3. The molecule has 38 heavy (non-hydrogen) atoms. The fourth-order valence-corrected chi connectivity index (χ4v) is 5.24. The number of benzene rings is 3. The van der Waals surface area contributed by atoms with Gasteiger partial charge in [0.15, 0.2) is 16.9 Å². The quantitative estimate of drug-likeness (QED) is 0.214. The maximum Gasteiger partial charge on any atom is 0.295 e. The number of carbonyl (C=O) groups is 1. The first kappa shape index (κ1) is 26.1. The van der Waals surface area contributed by atoms with Gasteiger partial charge in [0.2, 0.25) is 5.76 Å². The molecule has 2 heterocycles. The number of nitrogens with zero attached hydrogens (tertiary/aromatic N) is 1. The number of ether oxygens (including phenoxy) is 3. The third kappa shape index (κ3) is 4.52. The minimum absolute atomic E-state index is 0.00830. The van der Waals surface area contributed by atoms with E-state index >= 15 is 0 Å². The lowest BCUT2D eigenvalue weighted by Crippen LogP contribution is -2.29. The monoisotopic (exact) mass is 597 g/mol.